The molecule has 0 bridgehead atoms. The summed E-state index contributed by atoms with van der Waals surface area (Å²) in [4.78, 5) is 28.1. The van der Waals surface area contributed by atoms with E-state index >= 15 is 0 Å². The van der Waals surface area contributed by atoms with Crippen molar-refractivity contribution in [3.8, 4) is 28.1 Å². The van der Waals surface area contributed by atoms with E-state index < -0.39 is 11.4 Å². The molecule has 2 aromatic heterocycles. The van der Waals surface area contributed by atoms with Gasteiger partial charge in [0.1, 0.15) is 11.3 Å². The third-order valence-corrected chi connectivity index (χ3v) is 6.29. The first-order valence-electron chi connectivity index (χ1n) is 9.64. The molecule has 1 saturated carbocycles. The molecule has 0 amide bonds. The van der Waals surface area contributed by atoms with Gasteiger partial charge in [0.2, 0.25) is 0 Å². The number of ether oxygens (including phenoxy) is 1. The van der Waals surface area contributed by atoms with Crippen LogP contribution in [0.4, 0.5) is 0 Å². The summed E-state index contributed by atoms with van der Waals surface area (Å²) < 4.78 is 7.69. The third kappa shape index (κ3) is 2.59. The quantitative estimate of drug-likeness (QED) is 0.740. The molecule has 146 valence electrons. The summed E-state index contributed by atoms with van der Waals surface area (Å²) in [6.45, 7) is 0. The monoisotopic (exact) mass is 388 g/mol. The number of benzene rings is 1. The Labute approximate surface area is 167 Å². The van der Waals surface area contributed by atoms with E-state index in [2.05, 4.69) is 11.1 Å². The maximum atomic E-state index is 12.5. The fourth-order valence-electron chi connectivity index (χ4n) is 4.67. The predicted octanol–water partition coefficient (Wildman–Crippen LogP) is 3.72. The molecule has 0 saturated heterocycles. The van der Waals surface area contributed by atoms with Gasteiger partial charge < -0.3 is 14.4 Å². The van der Waals surface area contributed by atoms with Crippen molar-refractivity contribution in [3.05, 3.63) is 70.3 Å². The highest BCUT2D eigenvalue weighted by Crippen LogP contribution is 2.50. The second-order valence-electron chi connectivity index (χ2n) is 7.81. The molecule has 29 heavy (non-hydrogen) atoms. The number of carboxylic acid groups (broad SMARTS) is 1. The number of carbonyl (C=O) groups is 1. The zero-order valence-corrected chi connectivity index (χ0v) is 16.0. The van der Waals surface area contributed by atoms with Crippen LogP contribution in [0.15, 0.2) is 53.7 Å². The minimum Gasteiger partial charge on any atom is -0.496 e. The molecule has 0 unspecified atom stereocenters. The van der Waals surface area contributed by atoms with E-state index in [4.69, 9.17) is 4.74 Å². The van der Waals surface area contributed by atoms with Crippen LogP contribution in [0.1, 0.15) is 35.2 Å². The van der Waals surface area contributed by atoms with Gasteiger partial charge in [0.05, 0.1) is 12.8 Å². The summed E-state index contributed by atoms with van der Waals surface area (Å²) in [5, 5.41) is 9.43. The van der Waals surface area contributed by atoms with Crippen LogP contribution in [0.2, 0.25) is 0 Å². The van der Waals surface area contributed by atoms with Gasteiger partial charge in [0, 0.05) is 41.3 Å². The van der Waals surface area contributed by atoms with Crippen molar-refractivity contribution in [3.63, 3.8) is 0 Å². The molecule has 6 heteroatoms. The maximum absolute atomic E-state index is 12.5. The van der Waals surface area contributed by atoms with E-state index in [0.717, 1.165) is 53.6 Å². The smallest absolute Gasteiger partial charge is 0.341 e. The molecule has 0 atom stereocenters. The number of fused-ring (bicyclic) bond motifs is 4. The number of nitrogens with zero attached hydrogens (tertiary/aromatic N) is 2. The van der Waals surface area contributed by atoms with Gasteiger partial charge >= 0.3 is 5.97 Å². The van der Waals surface area contributed by atoms with Gasteiger partial charge in [-0.1, -0.05) is 0 Å². The lowest BCUT2D eigenvalue weighted by atomic mass is 9.69. The Balaban J connectivity index is 1.77. The van der Waals surface area contributed by atoms with E-state index in [9.17, 15) is 14.7 Å². The molecule has 1 aliphatic heterocycles. The molecule has 1 aromatic carbocycles. The number of hydrogen-bond donors (Lipinski definition) is 1. The van der Waals surface area contributed by atoms with Crippen molar-refractivity contribution in [2.24, 2.45) is 0 Å². The highest BCUT2D eigenvalue weighted by Gasteiger charge is 2.43. The highest BCUT2D eigenvalue weighted by molar-refractivity contribution is 5.88. The van der Waals surface area contributed by atoms with Gasteiger partial charge in [-0.25, -0.2) is 4.79 Å². The van der Waals surface area contributed by atoms with Crippen LogP contribution in [0.5, 0.6) is 5.75 Å². The number of methoxy groups -OCH3 is 1. The standard InChI is InChI=1S/C23H20N2O4/c1-29-21-10-16-15(9-17(21)14-3-7-24-8-4-14)12-23(5-2-6-23)25-13-18(22(27)28)20(26)11-19(16)25/h3-4,7-11,13H,2,5-6,12H2,1H3,(H,27,28). The molecule has 1 aliphatic carbocycles. The van der Waals surface area contributed by atoms with Crippen LogP contribution >= 0.6 is 0 Å². The second-order valence-corrected chi connectivity index (χ2v) is 7.81. The average molecular weight is 388 g/mol. The number of pyridine rings is 2. The Morgan fingerprint density at radius 3 is 2.55 bits per heavy atom. The lowest BCUT2D eigenvalue weighted by molar-refractivity contribution is 0.0691. The molecule has 5 rings (SSSR count). The van der Waals surface area contributed by atoms with E-state index in [1.54, 1.807) is 19.5 Å². The number of hydrogen-bond acceptors (Lipinski definition) is 4. The Morgan fingerprint density at radius 2 is 1.93 bits per heavy atom. The maximum Gasteiger partial charge on any atom is 0.341 e. The number of aromatic carboxylic acids is 1. The number of aromatic nitrogens is 2. The summed E-state index contributed by atoms with van der Waals surface area (Å²) in [6.07, 6.45) is 8.88. The second kappa shape index (κ2) is 6.30. The first-order chi connectivity index (χ1) is 14.0. The normalized spacial score (nSPS) is 15.9. The Bertz CT molecular complexity index is 1190. The first kappa shape index (κ1) is 17.7. The number of rotatable bonds is 3. The van der Waals surface area contributed by atoms with E-state index in [-0.39, 0.29) is 11.1 Å². The largest absolute Gasteiger partial charge is 0.496 e. The fourth-order valence-corrected chi connectivity index (χ4v) is 4.67. The van der Waals surface area contributed by atoms with Crippen molar-refractivity contribution in [2.75, 3.05) is 7.11 Å². The van der Waals surface area contributed by atoms with Crippen molar-refractivity contribution in [1.29, 1.82) is 0 Å². The lowest BCUT2D eigenvalue weighted by Gasteiger charge is -2.49. The minimum atomic E-state index is -1.18. The molecule has 0 radical (unpaired) electrons. The van der Waals surface area contributed by atoms with Gasteiger partial charge in [0.25, 0.3) is 0 Å². The first-order valence-corrected chi connectivity index (χ1v) is 9.64. The van der Waals surface area contributed by atoms with Crippen molar-refractivity contribution >= 4 is 5.97 Å². The zero-order valence-electron chi connectivity index (χ0n) is 16.0. The Kier molecular flexibility index (Phi) is 3.84. The van der Waals surface area contributed by atoms with Gasteiger partial charge in [-0.05, 0) is 61.1 Å². The lowest BCUT2D eigenvalue weighted by Crippen LogP contribution is -2.46. The average Bonchev–Trinajstić information content (AvgIpc) is 2.71. The summed E-state index contributed by atoms with van der Waals surface area (Å²) in [5.74, 6) is -0.475. The Morgan fingerprint density at radius 1 is 1.17 bits per heavy atom. The molecule has 1 fully saturated rings. The van der Waals surface area contributed by atoms with E-state index in [0.29, 0.717) is 5.75 Å². The van der Waals surface area contributed by atoms with Crippen LogP contribution in [0.3, 0.4) is 0 Å². The fraction of sp³-hybridized carbons (Fsp3) is 0.261. The van der Waals surface area contributed by atoms with E-state index in [1.807, 2.05) is 22.8 Å². The molecule has 1 spiro atoms. The molecule has 1 N–H and O–H groups in total. The van der Waals surface area contributed by atoms with Crippen LogP contribution in [0.25, 0.3) is 22.4 Å². The van der Waals surface area contributed by atoms with Crippen LogP contribution in [0, 0.1) is 0 Å². The van der Waals surface area contributed by atoms with Crippen LogP contribution in [-0.4, -0.2) is 27.7 Å². The van der Waals surface area contributed by atoms with Crippen LogP contribution in [-0.2, 0) is 12.0 Å². The summed E-state index contributed by atoms with van der Waals surface area (Å²) >= 11 is 0. The predicted molar refractivity (Wildman–Crippen MR) is 108 cm³/mol. The molecule has 3 aromatic rings. The minimum absolute atomic E-state index is 0.162. The van der Waals surface area contributed by atoms with Gasteiger partial charge in [-0.2, -0.15) is 0 Å². The molecule has 6 nitrogen and oxygen atoms in total. The topological polar surface area (TPSA) is 81.4 Å². The van der Waals surface area contributed by atoms with Gasteiger partial charge in [-0.3, -0.25) is 9.78 Å². The summed E-state index contributed by atoms with van der Waals surface area (Å²) in [6, 6.07) is 9.46. The van der Waals surface area contributed by atoms with Crippen molar-refractivity contribution in [2.45, 2.75) is 31.2 Å². The zero-order chi connectivity index (χ0) is 20.2. The van der Waals surface area contributed by atoms with E-state index in [1.165, 1.54) is 12.3 Å². The van der Waals surface area contributed by atoms with Crippen molar-refractivity contribution in [1.82, 2.24) is 9.55 Å². The number of carboxylic acids is 1. The van der Waals surface area contributed by atoms with Gasteiger partial charge in [-0.15, -0.1) is 0 Å². The Hall–Kier alpha value is -3.41. The van der Waals surface area contributed by atoms with Gasteiger partial charge in [0.15, 0.2) is 5.43 Å². The molecular formula is C23H20N2O4. The molecule has 3 heterocycles. The third-order valence-electron chi connectivity index (χ3n) is 6.29. The highest BCUT2D eigenvalue weighted by atomic mass is 16.5. The molecular weight excluding hydrogens is 368 g/mol. The SMILES string of the molecule is COc1cc2c(cc1-c1ccncc1)CC1(CCC1)n1cc(C(=O)O)c(=O)cc1-2. The summed E-state index contributed by atoms with van der Waals surface area (Å²) in [5.41, 5.74) is 4.04. The summed E-state index contributed by atoms with van der Waals surface area (Å²) in [7, 11) is 1.63. The van der Waals surface area contributed by atoms with Crippen molar-refractivity contribution < 1.29 is 14.6 Å². The molecule has 2 aliphatic rings. The van der Waals surface area contributed by atoms with Crippen LogP contribution < -0.4 is 10.2 Å².